The van der Waals surface area contributed by atoms with E-state index in [2.05, 4.69) is 0 Å². The quantitative estimate of drug-likeness (QED) is 0.830. The van der Waals surface area contributed by atoms with E-state index in [1.54, 1.807) is 37.3 Å². The van der Waals surface area contributed by atoms with Crippen molar-refractivity contribution in [3.63, 3.8) is 0 Å². The Morgan fingerprint density at radius 2 is 1.94 bits per heavy atom. The van der Waals surface area contributed by atoms with E-state index >= 15 is 0 Å². The fourth-order valence-corrected chi connectivity index (χ4v) is 3.61. The lowest BCUT2D eigenvalue weighted by Crippen LogP contribution is -2.07. The molecule has 0 spiro atoms. The molecule has 1 aromatic rings. The highest BCUT2D eigenvalue weighted by Gasteiger charge is 2.31. The van der Waals surface area contributed by atoms with Gasteiger partial charge in [-0.25, -0.2) is 8.42 Å². The predicted octanol–water partition coefficient (Wildman–Crippen LogP) is 2.89. The van der Waals surface area contributed by atoms with Crippen LogP contribution in [0.2, 0.25) is 0 Å². The first-order valence-electron chi connectivity index (χ1n) is 5.72. The third kappa shape index (κ3) is 2.22. The Kier molecular flexibility index (Phi) is 3.24. The summed E-state index contributed by atoms with van der Waals surface area (Å²) >= 11 is 0. The third-order valence-electron chi connectivity index (χ3n) is 2.98. The topological polar surface area (TPSA) is 43.4 Å². The van der Waals surface area contributed by atoms with Crippen molar-refractivity contribution >= 4 is 9.84 Å². The van der Waals surface area contributed by atoms with Gasteiger partial charge in [0.05, 0.1) is 9.80 Å². The highest BCUT2D eigenvalue weighted by Crippen LogP contribution is 2.33. The first-order valence-corrected chi connectivity index (χ1v) is 7.20. The second-order valence-corrected chi connectivity index (χ2v) is 6.12. The molecule has 0 fully saturated rings. The van der Waals surface area contributed by atoms with Crippen LogP contribution in [0.1, 0.15) is 26.7 Å². The molecular formula is C13H16O3S. The van der Waals surface area contributed by atoms with Crippen LogP contribution in [-0.2, 0) is 14.6 Å². The minimum atomic E-state index is -3.38. The molecule has 1 aliphatic heterocycles. The van der Waals surface area contributed by atoms with Crippen LogP contribution < -0.4 is 0 Å². The maximum atomic E-state index is 12.4. The second-order valence-electron chi connectivity index (χ2n) is 4.15. The molecule has 1 aliphatic rings. The molecule has 1 atom stereocenters. The van der Waals surface area contributed by atoms with E-state index in [1.807, 2.05) is 6.92 Å². The van der Waals surface area contributed by atoms with Crippen LogP contribution in [0, 0.1) is 0 Å². The smallest absolute Gasteiger partial charge is 0.206 e. The average Bonchev–Trinajstić information content (AvgIpc) is 2.72. The molecule has 4 heteroatoms. The highest BCUT2D eigenvalue weighted by molar-refractivity contribution is 7.95. The fraction of sp³-hybridized carbons (Fsp3) is 0.385. The van der Waals surface area contributed by atoms with Crippen molar-refractivity contribution in [3.8, 4) is 0 Å². The van der Waals surface area contributed by atoms with E-state index in [-0.39, 0.29) is 6.10 Å². The lowest BCUT2D eigenvalue weighted by molar-refractivity contribution is 0.141. The molecule has 17 heavy (non-hydrogen) atoms. The summed E-state index contributed by atoms with van der Waals surface area (Å²) in [5, 5.41) is 0. The molecule has 0 amide bonds. The fourth-order valence-electron chi connectivity index (χ4n) is 1.98. The Hall–Kier alpha value is -1.29. The summed E-state index contributed by atoms with van der Waals surface area (Å²) in [7, 11) is -3.38. The number of ether oxygens (including phenoxy) is 1. The van der Waals surface area contributed by atoms with Crippen LogP contribution in [0.15, 0.2) is 45.9 Å². The summed E-state index contributed by atoms with van der Waals surface area (Å²) in [5.41, 5.74) is 0. The van der Waals surface area contributed by atoms with Crippen LogP contribution in [0.4, 0.5) is 0 Å². The SMILES string of the molecule is CCC1CC(S(=O)(=O)c2ccccc2)=C(C)O1. The first kappa shape index (κ1) is 12.2. The maximum absolute atomic E-state index is 12.4. The minimum absolute atomic E-state index is 0.00323. The Labute approximate surface area is 102 Å². The van der Waals surface area contributed by atoms with E-state index in [9.17, 15) is 8.42 Å². The molecule has 0 bridgehead atoms. The summed E-state index contributed by atoms with van der Waals surface area (Å²) in [6, 6.07) is 8.51. The van der Waals surface area contributed by atoms with Crippen molar-refractivity contribution in [1.29, 1.82) is 0 Å². The van der Waals surface area contributed by atoms with Gasteiger partial charge < -0.3 is 4.74 Å². The van der Waals surface area contributed by atoms with Gasteiger partial charge in [-0.05, 0) is 25.5 Å². The molecule has 0 N–H and O–H groups in total. The van der Waals surface area contributed by atoms with Crippen LogP contribution in [0.25, 0.3) is 0 Å². The van der Waals surface area contributed by atoms with Crippen LogP contribution in [0.5, 0.6) is 0 Å². The summed E-state index contributed by atoms with van der Waals surface area (Å²) in [6.45, 7) is 3.72. The Balaban J connectivity index is 2.39. The third-order valence-corrected chi connectivity index (χ3v) is 4.98. The van der Waals surface area contributed by atoms with Gasteiger partial charge in [-0.2, -0.15) is 0 Å². The van der Waals surface area contributed by atoms with Gasteiger partial charge in [-0.15, -0.1) is 0 Å². The van der Waals surface area contributed by atoms with Gasteiger partial charge in [0.15, 0.2) is 0 Å². The molecule has 0 saturated heterocycles. The number of hydrogen-bond acceptors (Lipinski definition) is 3. The molecule has 0 radical (unpaired) electrons. The zero-order valence-corrected chi connectivity index (χ0v) is 10.8. The van der Waals surface area contributed by atoms with E-state index < -0.39 is 9.84 Å². The number of hydrogen-bond donors (Lipinski definition) is 0. The van der Waals surface area contributed by atoms with Crippen molar-refractivity contribution in [1.82, 2.24) is 0 Å². The largest absolute Gasteiger partial charge is 0.494 e. The van der Waals surface area contributed by atoms with Gasteiger partial charge >= 0.3 is 0 Å². The lowest BCUT2D eigenvalue weighted by Gasteiger charge is -2.06. The van der Waals surface area contributed by atoms with Gasteiger partial charge in [-0.3, -0.25) is 0 Å². The van der Waals surface area contributed by atoms with Crippen molar-refractivity contribution in [2.24, 2.45) is 0 Å². The van der Waals surface area contributed by atoms with Gasteiger partial charge in [0, 0.05) is 6.42 Å². The summed E-state index contributed by atoms with van der Waals surface area (Å²) in [6.07, 6.45) is 1.31. The zero-order chi connectivity index (χ0) is 12.5. The predicted molar refractivity (Wildman–Crippen MR) is 66.1 cm³/mol. The van der Waals surface area contributed by atoms with E-state index in [1.165, 1.54) is 0 Å². The molecular weight excluding hydrogens is 236 g/mol. The molecule has 2 rings (SSSR count). The van der Waals surface area contributed by atoms with Crippen molar-refractivity contribution < 1.29 is 13.2 Å². The van der Waals surface area contributed by atoms with Gasteiger partial charge in [0.1, 0.15) is 11.9 Å². The van der Waals surface area contributed by atoms with Crippen molar-refractivity contribution in [2.45, 2.75) is 37.7 Å². The molecule has 1 aromatic carbocycles. The van der Waals surface area contributed by atoms with E-state index in [0.717, 1.165) is 6.42 Å². The number of allylic oxidation sites excluding steroid dienone is 1. The minimum Gasteiger partial charge on any atom is -0.494 e. The second kappa shape index (κ2) is 4.53. The molecule has 0 saturated carbocycles. The molecule has 1 unspecified atom stereocenters. The van der Waals surface area contributed by atoms with Crippen LogP contribution >= 0.6 is 0 Å². The van der Waals surface area contributed by atoms with Crippen LogP contribution in [-0.4, -0.2) is 14.5 Å². The van der Waals surface area contributed by atoms with Gasteiger partial charge in [0.2, 0.25) is 9.84 Å². The number of sulfone groups is 1. The van der Waals surface area contributed by atoms with Gasteiger partial charge in [0.25, 0.3) is 0 Å². The Morgan fingerprint density at radius 3 is 2.47 bits per heavy atom. The molecule has 0 aromatic heterocycles. The van der Waals surface area contributed by atoms with E-state index in [4.69, 9.17) is 4.74 Å². The zero-order valence-electron chi connectivity index (χ0n) is 10.0. The number of rotatable bonds is 3. The molecule has 1 heterocycles. The van der Waals surface area contributed by atoms with Crippen molar-refractivity contribution in [2.75, 3.05) is 0 Å². The maximum Gasteiger partial charge on any atom is 0.206 e. The average molecular weight is 252 g/mol. The Morgan fingerprint density at radius 1 is 1.29 bits per heavy atom. The van der Waals surface area contributed by atoms with Gasteiger partial charge in [-0.1, -0.05) is 25.1 Å². The normalized spacial score (nSPS) is 20.5. The summed E-state index contributed by atoms with van der Waals surface area (Å²) < 4.78 is 30.3. The first-order chi connectivity index (χ1) is 8.05. The molecule has 0 aliphatic carbocycles. The highest BCUT2D eigenvalue weighted by atomic mass is 32.2. The standard InChI is InChI=1S/C13H16O3S/c1-3-11-9-13(10(2)16-11)17(14,15)12-7-5-4-6-8-12/h4-8,11H,3,9H2,1-2H3. The lowest BCUT2D eigenvalue weighted by atomic mass is 10.2. The van der Waals surface area contributed by atoms with Crippen molar-refractivity contribution in [3.05, 3.63) is 41.0 Å². The van der Waals surface area contributed by atoms with Crippen LogP contribution in [0.3, 0.4) is 0 Å². The Bertz CT molecular complexity index is 529. The summed E-state index contributed by atoms with van der Waals surface area (Å²) in [5.74, 6) is 0.542. The summed E-state index contributed by atoms with van der Waals surface area (Å²) in [4.78, 5) is 0.769. The van der Waals surface area contributed by atoms with E-state index in [0.29, 0.717) is 22.0 Å². The monoisotopic (exact) mass is 252 g/mol. The number of benzene rings is 1. The molecule has 3 nitrogen and oxygen atoms in total. The molecule has 92 valence electrons.